The van der Waals surface area contributed by atoms with Crippen molar-refractivity contribution in [3.8, 4) is 0 Å². The van der Waals surface area contributed by atoms with Crippen LogP contribution in [0.2, 0.25) is 0 Å². The summed E-state index contributed by atoms with van der Waals surface area (Å²) in [7, 11) is 0. The Balaban J connectivity index is 1.45. The highest BCUT2D eigenvalue weighted by Gasteiger charge is 2.19. The van der Waals surface area contributed by atoms with Crippen molar-refractivity contribution in [3.05, 3.63) is 22.4 Å². The third kappa shape index (κ3) is 5.71. The van der Waals surface area contributed by atoms with E-state index in [1.54, 1.807) is 11.3 Å². The fraction of sp³-hybridized carbons (Fsp3) is 0.737. The zero-order valence-electron chi connectivity index (χ0n) is 14.7. The normalized spacial score (nSPS) is 21.8. The van der Waals surface area contributed by atoms with Crippen LogP contribution in [-0.4, -0.2) is 47.1 Å². The molecule has 1 aliphatic heterocycles. The van der Waals surface area contributed by atoms with E-state index in [9.17, 15) is 0 Å². The Kier molecular flexibility index (Phi) is 7.36. The van der Waals surface area contributed by atoms with Crippen molar-refractivity contribution in [1.29, 1.82) is 0 Å². The van der Waals surface area contributed by atoms with Crippen LogP contribution >= 0.6 is 23.6 Å². The highest BCUT2D eigenvalue weighted by Crippen LogP contribution is 2.18. The Hall–Kier alpha value is -0.650. The van der Waals surface area contributed by atoms with Gasteiger partial charge >= 0.3 is 0 Å². The van der Waals surface area contributed by atoms with Crippen LogP contribution < -0.4 is 5.32 Å². The largest absolute Gasteiger partial charge is 0.360 e. The van der Waals surface area contributed by atoms with E-state index in [0.29, 0.717) is 6.04 Å². The van der Waals surface area contributed by atoms with E-state index < -0.39 is 0 Å². The second kappa shape index (κ2) is 9.73. The third-order valence-electron chi connectivity index (χ3n) is 5.29. The molecular weight excluding hydrogens is 334 g/mol. The molecule has 1 aromatic rings. The standard InChI is InChI=1S/C19H31N3S2/c23-19(20-18-7-4-2-1-3-5-8-18)22-11-6-10-21(12-13-22)15-17-9-14-24-16-17/h9,14,16,18H,1-8,10-13,15H2,(H,20,23). The van der Waals surface area contributed by atoms with Crippen molar-refractivity contribution < 1.29 is 0 Å². The molecule has 0 spiro atoms. The van der Waals surface area contributed by atoms with Gasteiger partial charge in [-0.05, 0) is 53.9 Å². The molecule has 0 bridgehead atoms. The van der Waals surface area contributed by atoms with Gasteiger partial charge in [0.15, 0.2) is 5.11 Å². The van der Waals surface area contributed by atoms with Crippen molar-refractivity contribution >= 4 is 28.7 Å². The summed E-state index contributed by atoms with van der Waals surface area (Å²) in [5.41, 5.74) is 1.45. The van der Waals surface area contributed by atoms with Gasteiger partial charge in [0, 0.05) is 38.8 Å². The summed E-state index contributed by atoms with van der Waals surface area (Å²) in [5.74, 6) is 0. The molecular formula is C19H31N3S2. The van der Waals surface area contributed by atoms with Gasteiger partial charge in [-0.1, -0.05) is 32.1 Å². The molecule has 2 fully saturated rings. The summed E-state index contributed by atoms with van der Waals surface area (Å²) in [6.07, 6.45) is 10.7. The first-order valence-corrected chi connectivity index (χ1v) is 11.0. The van der Waals surface area contributed by atoms with Crippen molar-refractivity contribution in [2.45, 2.75) is 64.0 Å². The van der Waals surface area contributed by atoms with E-state index in [1.165, 1.54) is 63.5 Å². The Bertz CT molecular complexity index is 481. The van der Waals surface area contributed by atoms with Crippen molar-refractivity contribution in [2.75, 3.05) is 26.2 Å². The molecule has 0 aromatic carbocycles. The maximum absolute atomic E-state index is 5.75. The fourth-order valence-corrected chi connectivity index (χ4v) is 4.85. The molecule has 1 aromatic heterocycles. The minimum atomic E-state index is 0.600. The van der Waals surface area contributed by atoms with Gasteiger partial charge in [0.25, 0.3) is 0 Å². The van der Waals surface area contributed by atoms with Crippen LogP contribution in [0.4, 0.5) is 0 Å². The van der Waals surface area contributed by atoms with Crippen LogP contribution in [0.3, 0.4) is 0 Å². The average Bonchev–Trinajstić information content (AvgIpc) is 2.94. The lowest BCUT2D eigenvalue weighted by Crippen LogP contribution is -2.46. The molecule has 3 nitrogen and oxygen atoms in total. The lowest BCUT2D eigenvalue weighted by atomic mass is 9.97. The molecule has 134 valence electrons. The first-order valence-electron chi connectivity index (χ1n) is 9.60. The predicted molar refractivity (Wildman–Crippen MR) is 108 cm³/mol. The van der Waals surface area contributed by atoms with E-state index >= 15 is 0 Å². The molecule has 3 rings (SSSR count). The summed E-state index contributed by atoms with van der Waals surface area (Å²) >= 11 is 7.54. The minimum absolute atomic E-state index is 0.600. The first-order chi connectivity index (χ1) is 11.8. The van der Waals surface area contributed by atoms with Gasteiger partial charge in [0.2, 0.25) is 0 Å². The number of thiocarbonyl (C=S) groups is 1. The molecule has 1 N–H and O–H groups in total. The Labute approximate surface area is 156 Å². The molecule has 2 heterocycles. The van der Waals surface area contributed by atoms with E-state index in [4.69, 9.17) is 12.2 Å². The summed E-state index contributed by atoms with van der Waals surface area (Å²) in [5, 5.41) is 9.12. The second-order valence-electron chi connectivity index (χ2n) is 7.24. The topological polar surface area (TPSA) is 18.5 Å². The van der Waals surface area contributed by atoms with Crippen LogP contribution in [0.15, 0.2) is 16.8 Å². The van der Waals surface area contributed by atoms with Crippen LogP contribution in [0.5, 0.6) is 0 Å². The molecule has 1 saturated heterocycles. The molecule has 24 heavy (non-hydrogen) atoms. The average molecular weight is 366 g/mol. The number of hydrogen-bond acceptors (Lipinski definition) is 3. The van der Waals surface area contributed by atoms with Gasteiger partial charge in [-0.3, -0.25) is 4.90 Å². The van der Waals surface area contributed by atoms with E-state index in [0.717, 1.165) is 31.3 Å². The second-order valence-corrected chi connectivity index (χ2v) is 8.41. The lowest BCUT2D eigenvalue weighted by molar-refractivity contribution is 0.277. The summed E-state index contributed by atoms with van der Waals surface area (Å²) in [4.78, 5) is 4.97. The number of nitrogens with one attached hydrogen (secondary N) is 1. The van der Waals surface area contributed by atoms with Gasteiger partial charge in [0.05, 0.1) is 0 Å². The molecule has 5 heteroatoms. The zero-order chi connectivity index (χ0) is 16.6. The fourth-order valence-electron chi connectivity index (χ4n) is 3.84. The Morgan fingerprint density at radius 3 is 2.58 bits per heavy atom. The molecule has 0 atom stereocenters. The molecule has 1 aliphatic carbocycles. The zero-order valence-corrected chi connectivity index (χ0v) is 16.3. The minimum Gasteiger partial charge on any atom is -0.360 e. The van der Waals surface area contributed by atoms with Crippen LogP contribution in [0.1, 0.15) is 56.9 Å². The maximum atomic E-state index is 5.75. The molecule has 2 aliphatic rings. The van der Waals surface area contributed by atoms with E-state index in [2.05, 4.69) is 31.9 Å². The van der Waals surface area contributed by atoms with Crippen LogP contribution in [-0.2, 0) is 6.54 Å². The molecule has 0 amide bonds. The van der Waals surface area contributed by atoms with Gasteiger partial charge in [-0.2, -0.15) is 11.3 Å². The van der Waals surface area contributed by atoms with Gasteiger partial charge < -0.3 is 10.2 Å². The Morgan fingerprint density at radius 2 is 1.83 bits per heavy atom. The molecule has 0 unspecified atom stereocenters. The monoisotopic (exact) mass is 365 g/mol. The van der Waals surface area contributed by atoms with Crippen molar-refractivity contribution in [2.24, 2.45) is 0 Å². The van der Waals surface area contributed by atoms with Gasteiger partial charge in [-0.15, -0.1) is 0 Å². The first kappa shape index (κ1) is 18.2. The van der Waals surface area contributed by atoms with Gasteiger partial charge in [-0.25, -0.2) is 0 Å². The molecule has 0 radical (unpaired) electrons. The highest BCUT2D eigenvalue weighted by molar-refractivity contribution is 7.80. The summed E-state index contributed by atoms with van der Waals surface area (Å²) in [6.45, 7) is 5.53. The maximum Gasteiger partial charge on any atom is 0.169 e. The summed E-state index contributed by atoms with van der Waals surface area (Å²) in [6, 6.07) is 2.84. The van der Waals surface area contributed by atoms with E-state index in [-0.39, 0.29) is 0 Å². The number of thiophene rings is 1. The number of nitrogens with zero attached hydrogens (tertiary/aromatic N) is 2. The quantitative estimate of drug-likeness (QED) is 0.807. The van der Waals surface area contributed by atoms with Crippen LogP contribution in [0, 0.1) is 0 Å². The van der Waals surface area contributed by atoms with Crippen molar-refractivity contribution in [1.82, 2.24) is 15.1 Å². The highest BCUT2D eigenvalue weighted by atomic mass is 32.1. The predicted octanol–water partition coefficient (Wildman–Crippen LogP) is 4.24. The SMILES string of the molecule is S=C(NC1CCCCCCC1)N1CCCN(Cc2ccsc2)CC1. The summed E-state index contributed by atoms with van der Waals surface area (Å²) < 4.78 is 0. The van der Waals surface area contributed by atoms with Crippen LogP contribution in [0.25, 0.3) is 0 Å². The molecule has 1 saturated carbocycles. The smallest absolute Gasteiger partial charge is 0.169 e. The van der Waals surface area contributed by atoms with E-state index in [1.807, 2.05) is 0 Å². The Morgan fingerprint density at radius 1 is 1.04 bits per heavy atom. The third-order valence-corrected chi connectivity index (χ3v) is 6.40. The van der Waals surface area contributed by atoms with Gasteiger partial charge in [0.1, 0.15) is 0 Å². The van der Waals surface area contributed by atoms with Crippen molar-refractivity contribution in [3.63, 3.8) is 0 Å². The number of hydrogen-bond donors (Lipinski definition) is 1. The number of rotatable bonds is 3. The lowest BCUT2D eigenvalue weighted by Gasteiger charge is -2.29.